The van der Waals surface area contributed by atoms with E-state index in [2.05, 4.69) is 146 Å². The second kappa shape index (κ2) is 10.8. The maximum absolute atomic E-state index is 6.85. The topological polar surface area (TPSA) is 35.0 Å². The molecule has 4 heteroatoms. The summed E-state index contributed by atoms with van der Waals surface area (Å²) in [5, 5.41) is 2.38. The molecule has 0 bridgehead atoms. The van der Waals surface area contributed by atoms with Gasteiger partial charge in [-0.3, -0.25) is 0 Å². The minimum Gasteiger partial charge on any atom is -0.457 e. The van der Waals surface area contributed by atoms with Gasteiger partial charge in [0.1, 0.15) is 11.5 Å². The maximum atomic E-state index is 6.85. The number of benzene rings is 7. The van der Waals surface area contributed by atoms with E-state index in [1.165, 1.54) is 53.6 Å². The van der Waals surface area contributed by atoms with E-state index in [1.807, 2.05) is 35.6 Å². The number of aromatic nitrogens is 2. The van der Waals surface area contributed by atoms with E-state index in [4.69, 9.17) is 14.7 Å². The first kappa shape index (κ1) is 28.5. The smallest absolute Gasteiger partial charge is 0.160 e. The number of hydrogen-bond donors (Lipinski definition) is 0. The summed E-state index contributed by atoms with van der Waals surface area (Å²) in [4.78, 5) is 10.1. The van der Waals surface area contributed by atoms with Crippen LogP contribution in [0.25, 0.3) is 65.2 Å². The lowest BCUT2D eigenvalue weighted by molar-refractivity contribution is 0.437. The molecule has 1 aliphatic carbocycles. The van der Waals surface area contributed by atoms with Gasteiger partial charge in [-0.15, -0.1) is 11.3 Å². The number of hydrogen-bond acceptors (Lipinski definition) is 4. The molecule has 1 spiro atoms. The van der Waals surface area contributed by atoms with Crippen LogP contribution >= 0.6 is 11.3 Å². The molecule has 3 heterocycles. The maximum Gasteiger partial charge on any atom is 0.160 e. The van der Waals surface area contributed by atoms with Crippen molar-refractivity contribution in [3.8, 4) is 56.5 Å². The van der Waals surface area contributed by atoms with Crippen molar-refractivity contribution in [1.29, 1.82) is 0 Å². The molecule has 0 amide bonds. The van der Waals surface area contributed by atoms with E-state index in [0.29, 0.717) is 5.82 Å². The van der Waals surface area contributed by atoms with Crippen LogP contribution in [0.4, 0.5) is 0 Å². The minimum atomic E-state index is -0.477. The Kier molecular flexibility index (Phi) is 6.04. The van der Waals surface area contributed by atoms with Crippen molar-refractivity contribution in [2.24, 2.45) is 0 Å². The van der Waals surface area contributed by atoms with Crippen LogP contribution in [0.15, 0.2) is 170 Å². The minimum absolute atomic E-state index is 0.477. The molecule has 1 aliphatic heterocycles. The lowest BCUT2D eigenvalue weighted by Crippen LogP contribution is -2.32. The van der Waals surface area contributed by atoms with Gasteiger partial charge >= 0.3 is 0 Å². The van der Waals surface area contributed by atoms with E-state index in [1.54, 1.807) is 0 Å². The van der Waals surface area contributed by atoms with Gasteiger partial charge in [-0.25, -0.2) is 9.97 Å². The first-order valence-electron chi connectivity index (χ1n) is 17.2. The lowest BCUT2D eigenvalue weighted by Gasteiger charge is -2.39. The van der Waals surface area contributed by atoms with Gasteiger partial charge in [0.2, 0.25) is 0 Å². The molecule has 0 saturated heterocycles. The van der Waals surface area contributed by atoms with Gasteiger partial charge in [-0.1, -0.05) is 133 Å². The van der Waals surface area contributed by atoms with Crippen molar-refractivity contribution in [1.82, 2.24) is 9.97 Å². The molecule has 2 aromatic heterocycles. The van der Waals surface area contributed by atoms with Crippen molar-refractivity contribution in [2.45, 2.75) is 5.41 Å². The van der Waals surface area contributed by atoms with Gasteiger partial charge in [0.15, 0.2) is 5.82 Å². The van der Waals surface area contributed by atoms with Gasteiger partial charge < -0.3 is 4.74 Å². The largest absolute Gasteiger partial charge is 0.457 e. The monoisotopic (exact) mass is 668 g/mol. The molecule has 9 aromatic rings. The lowest BCUT2D eigenvalue weighted by atomic mass is 9.66. The van der Waals surface area contributed by atoms with E-state index in [9.17, 15) is 0 Å². The summed E-state index contributed by atoms with van der Waals surface area (Å²) in [6.45, 7) is 0. The molecule has 51 heavy (non-hydrogen) atoms. The number of para-hydroxylation sites is 1. The van der Waals surface area contributed by atoms with Gasteiger partial charge in [0.25, 0.3) is 0 Å². The molecule has 238 valence electrons. The molecule has 3 nitrogen and oxygen atoms in total. The third-order valence-corrected chi connectivity index (χ3v) is 11.7. The second-order valence-electron chi connectivity index (χ2n) is 13.3. The Morgan fingerprint density at radius 1 is 0.412 bits per heavy atom. The van der Waals surface area contributed by atoms with E-state index < -0.39 is 5.41 Å². The van der Waals surface area contributed by atoms with Crippen molar-refractivity contribution in [3.63, 3.8) is 0 Å². The Bertz CT molecular complexity index is 2740. The van der Waals surface area contributed by atoms with Gasteiger partial charge in [-0.05, 0) is 58.7 Å². The van der Waals surface area contributed by atoms with Gasteiger partial charge in [0, 0.05) is 48.0 Å². The van der Waals surface area contributed by atoms with Crippen molar-refractivity contribution in [3.05, 3.63) is 192 Å². The molecule has 0 saturated carbocycles. The normalized spacial score (nSPS) is 13.4. The molecule has 2 aliphatic rings. The van der Waals surface area contributed by atoms with Gasteiger partial charge in [0.05, 0.1) is 16.8 Å². The fraction of sp³-hybridized carbons (Fsp3) is 0.0213. The molecular weight excluding hydrogens is 641 g/mol. The SMILES string of the molecule is c1ccc(-c2cc(-c3ccc4sc5cc6c(cc5c4c3)Oc3ccccc3C63c4ccccc4-c4ccccc43)nc(-c3ccccc3)n2)cc1. The van der Waals surface area contributed by atoms with Crippen LogP contribution in [0.5, 0.6) is 11.5 Å². The van der Waals surface area contributed by atoms with Crippen molar-refractivity contribution >= 4 is 31.5 Å². The highest BCUT2D eigenvalue weighted by molar-refractivity contribution is 7.25. The van der Waals surface area contributed by atoms with Crippen LogP contribution in [0, 0.1) is 0 Å². The first-order chi connectivity index (χ1) is 25.3. The number of thiophene rings is 1. The summed E-state index contributed by atoms with van der Waals surface area (Å²) in [6, 6.07) is 60.4. The number of rotatable bonds is 3. The molecule has 0 atom stereocenters. The molecule has 11 rings (SSSR count). The summed E-state index contributed by atoms with van der Waals surface area (Å²) in [5.74, 6) is 2.52. The standard InChI is InChI=1S/C47H28N2OS/c1-3-13-29(14-4-1)40-28-41(49-46(48-40)30-15-5-2-6-16-30)31-23-24-44-34(25-31)35-26-43-39(27-45(35)51-44)47(38-21-11-12-22-42(38)50-43)36-19-9-7-17-32(36)33-18-8-10-20-37(33)47/h1-28H. The average molecular weight is 669 g/mol. The summed E-state index contributed by atoms with van der Waals surface area (Å²) in [6.07, 6.45) is 0. The third kappa shape index (κ3) is 4.11. The molecule has 0 radical (unpaired) electrons. The summed E-state index contributed by atoms with van der Waals surface area (Å²) in [5.41, 5.74) is 12.0. The highest BCUT2D eigenvalue weighted by Crippen LogP contribution is 2.62. The van der Waals surface area contributed by atoms with Gasteiger partial charge in [-0.2, -0.15) is 0 Å². The molecule has 7 aromatic carbocycles. The molecular formula is C47H28N2OS. The van der Waals surface area contributed by atoms with Crippen LogP contribution in [-0.2, 0) is 5.41 Å². The van der Waals surface area contributed by atoms with Crippen LogP contribution < -0.4 is 4.74 Å². The van der Waals surface area contributed by atoms with Crippen LogP contribution in [0.1, 0.15) is 22.3 Å². The zero-order valence-electron chi connectivity index (χ0n) is 27.4. The number of ether oxygens (including phenoxy) is 1. The fourth-order valence-electron chi connectivity index (χ4n) is 8.35. The Morgan fingerprint density at radius 2 is 1.00 bits per heavy atom. The number of fused-ring (bicyclic) bond motifs is 12. The van der Waals surface area contributed by atoms with E-state index >= 15 is 0 Å². The second-order valence-corrected chi connectivity index (χ2v) is 14.4. The Hall–Kier alpha value is -6.36. The molecule has 0 N–H and O–H groups in total. The summed E-state index contributed by atoms with van der Waals surface area (Å²) >= 11 is 1.84. The number of nitrogens with zero attached hydrogens (tertiary/aromatic N) is 2. The summed E-state index contributed by atoms with van der Waals surface area (Å²) in [7, 11) is 0. The predicted molar refractivity (Wildman–Crippen MR) is 209 cm³/mol. The molecule has 0 fully saturated rings. The zero-order chi connectivity index (χ0) is 33.5. The Morgan fingerprint density at radius 3 is 1.73 bits per heavy atom. The van der Waals surface area contributed by atoms with E-state index in [-0.39, 0.29) is 0 Å². The Labute approximate surface area is 299 Å². The molecule has 0 unspecified atom stereocenters. The van der Waals surface area contributed by atoms with E-state index in [0.717, 1.165) is 39.6 Å². The quantitative estimate of drug-likeness (QED) is 0.188. The first-order valence-corrected chi connectivity index (χ1v) is 18.1. The predicted octanol–water partition coefficient (Wildman–Crippen LogP) is 12.3. The summed E-state index contributed by atoms with van der Waals surface area (Å²) < 4.78 is 9.32. The van der Waals surface area contributed by atoms with Crippen LogP contribution in [0.2, 0.25) is 0 Å². The highest BCUT2D eigenvalue weighted by Gasteiger charge is 2.51. The fourth-order valence-corrected chi connectivity index (χ4v) is 9.46. The van der Waals surface area contributed by atoms with Crippen molar-refractivity contribution < 1.29 is 4.74 Å². The van der Waals surface area contributed by atoms with Crippen molar-refractivity contribution in [2.75, 3.05) is 0 Å². The Balaban J connectivity index is 1.13. The average Bonchev–Trinajstić information content (AvgIpc) is 3.71. The van der Waals surface area contributed by atoms with Crippen LogP contribution in [-0.4, -0.2) is 9.97 Å². The highest BCUT2D eigenvalue weighted by atomic mass is 32.1. The zero-order valence-corrected chi connectivity index (χ0v) is 28.2. The third-order valence-electron chi connectivity index (χ3n) is 10.6. The van der Waals surface area contributed by atoms with Crippen LogP contribution in [0.3, 0.4) is 0 Å².